The van der Waals surface area contributed by atoms with Gasteiger partial charge in [-0.3, -0.25) is 43.7 Å². The highest BCUT2D eigenvalue weighted by Crippen LogP contribution is 2.35. The van der Waals surface area contributed by atoms with Gasteiger partial charge in [0.1, 0.15) is 79.0 Å². The maximum Gasteiger partial charge on any atom is 0.326 e. The van der Waals surface area contributed by atoms with Crippen molar-refractivity contribution in [2.24, 2.45) is 11.5 Å². The van der Waals surface area contributed by atoms with Crippen LogP contribution < -0.4 is 43.4 Å². The fourth-order valence-corrected chi connectivity index (χ4v) is 6.87. The van der Waals surface area contributed by atoms with Gasteiger partial charge in [0, 0.05) is 20.3 Å². The quantitative estimate of drug-likeness (QED) is 0.0453. The van der Waals surface area contributed by atoms with Gasteiger partial charge in [-0.05, 0) is 46.5 Å². The topological polar surface area (TPSA) is 425 Å². The van der Waals surface area contributed by atoms with Crippen LogP contribution >= 0.6 is 0 Å². The van der Waals surface area contributed by atoms with Crippen LogP contribution in [0.15, 0.2) is 0 Å². The number of aliphatic hydroxyl groups is 3. The van der Waals surface area contributed by atoms with Crippen molar-refractivity contribution in [3.05, 3.63) is 0 Å². The Morgan fingerprint density at radius 2 is 1.38 bits per heavy atom. The van der Waals surface area contributed by atoms with Crippen molar-refractivity contribution in [2.45, 2.75) is 164 Å². The Labute approximate surface area is 366 Å². The minimum Gasteiger partial charge on any atom is -0.480 e. The SMILES string of the molecule is CC(=O)N[C@H]1[C@H](O[C@H]2[C@H](OC(C)C(=O)N[C@@H](C)C(=O)N[C@H](CCC(=O)N[C@@H](CCC[C@@H](N)C(=O)O)C(=O)NC(=O)[C@@H](C)N)C(=O)O)[C@@H](NC(C)=O)[C@@H]3OC[C@H]2O3)O[C@H](CO)[C@@H](O)[C@@H]1O. The van der Waals surface area contributed by atoms with Crippen LogP contribution in [0.3, 0.4) is 0 Å². The van der Waals surface area contributed by atoms with Crippen LogP contribution in [-0.4, -0.2) is 190 Å². The molecule has 0 spiro atoms. The molecule has 1 unspecified atom stereocenters. The smallest absolute Gasteiger partial charge is 0.326 e. The van der Waals surface area contributed by atoms with Gasteiger partial charge < -0.3 is 87.3 Å². The number of rotatable bonds is 23. The molecule has 0 radical (unpaired) electrons. The molecule has 2 bridgehead atoms. The van der Waals surface area contributed by atoms with E-state index in [0.717, 1.165) is 6.92 Å². The van der Waals surface area contributed by atoms with Crippen molar-refractivity contribution in [3.63, 3.8) is 0 Å². The number of hydrogen-bond acceptors (Lipinski definition) is 19. The number of carbonyl (C=O) groups excluding carboxylic acids is 7. The van der Waals surface area contributed by atoms with Crippen LogP contribution in [0.4, 0.5) is 0 Å². The summed E-state index contributed by atoms with van der Waals surface area (Å²) < 4.78 is 29.7. The minimum atomic E-state index is -1.69. The molecule has 3 rings (SSSR count). The molecule has 3 heterocycles. The second-order valence-corrected chi connectivity index (χ2v) is 15.7. The highest BCUT2D eigenvalue weighted by molar-refractivity contribution is 6.01. The number of ether oxygens (including phenoxy) is 5. The lowest BCUT2D eigenvalue weighted by molar-refractivity contribution is -0.313. The normalized spacial score (nSPS) is 29.0. The maximum atomic E-state index is 13.5. The Hall–Kier alpha value is -4.97. The van der Waals surface area contributed by atoms with Crippen LogP contribution in [-0.2, 0) is 66.8 Å². The summed E-state index contributed by atoms with van der Waals surface area (Å²) in [5, 5.41) is 64.0. The second kappa shape index (κ2) is 24.4. The third-order valence-corrected chi connectivity index (χ3v) is 10.4. The standard InChI is InChI=1S/C37H60N8O19/c1-13(38)30(52)45-33(55)19(8-6-7-18(39)34(56)57)43-23(49)10-9-20(35(58)59)44-31(53)14(2)40-32(54)15(3)61-29-25(42-17(5)48)36-60-12-22(63-36)28(29)64-37-24(41-16(4)47)27(51)26(50)21(11-46)62-37/h13-15,18-22,24-29,36-37,46,50-51H,6-12,38-39H2,1-5H3,(H,40,54)(H,41,47)(H,42,48)(H,43,49)(H,44,53)(H,56,57)(H,58,59)(H,45,52,55)/t13-,14+,15?,18-,19+,20-,21-,22-,24-,25-,26-,27-,28-,29-,36-,37+/m1/s1. The average Bonchev–Trinajstić information content (AvgIpc) is 3.66. The van der Waals surface area contributed by atoms with Gasteiger partial charge in [-0.15, -0.1) is 0 Å². The lowest BCUT2D eigenvalue weighted by atomic mass is 9.95. The average molecular weight is 921 g/mol. The van der Waals surface area contributed by atoms with E-state index in [2.05, 4.69) is 26.6 Å². The van der Waals surface area contributed by atoms with Crippen molar-refractivity contribution in [1.29, 1.82) is 0 Å². The number of amides is 7. The number of aliphatic hydroxyl groups excluding tert-OH is 3. The van der Waals surface area contributed by atoms with Crippen LogP contribution in [0.2, 0.25) is 0 Å². The van der Waals surface area contributed by atoms with Crippen molar-refractivity contribution < 1.29 is 92.4 Å². The molecule has 3 aliphatic rings. The summed E-state index contributed by atoms with van der Waals surface area (Å²) in [4.78, 5) is 112. The Bertz CT molecular complexity index is 1710. The number of imide groups is 1. The van der Waals surface area contributed by atoms with Crippen LogP contribution in [0.5, 0.6) is 0 Å². The van der Waals surface area contributed by atoms with Crippen molar-refractivity contribution in [2.75, 3.05) is 13.2 Å². The Kier molecular flexibility index (Phi) is 20.3. The van der Waals surface area contributed by atoms with E-state index >= 15 is 0 Å². The Balaban J connectivity index is 1.69. The van der Waals surface area contributed by atoms with E-state index in [4.69, 9.17) is 40.3 Å². The summed E-state index contributed by atoms with van der Waals surface area (Å²) in [6, 6.07) is -9.34. The van der Waals surface area contributed by atoms with E-state index < -0.39 is 170 Å². The van der Waals surface area contributed by atoms with Gasteiger partial charge >= 0.3 is 11.9 Å². The van der Waals surface area contributed by atoms with E-state index in [-0.39, 0.29) is 25.9 Å². The van der Waals surface area contributed by atoms with Crippen molar-refractivity contribution >= 4 is 53.3 Å². The molecule has 3 saturated heterocycles. The van der Waals surface area contributed by atoms with Crippen molar-refractivity contribution in [3.8, 4) is 0 Å². The number of hydrogen-bond donors (Lipinski definition) is 13. The summed E-state index contributed by atoms with van der Waals surface area (Å²) in [5.74, 6) is -8.63. The van der Waals surface area contributed by atoms with E-state index in [1.165, 1.54) is 27.7 Å². The summed E-state index contributed by atoms with van der Waals surface area (Å²) >= 11 is 0. The monoisotopic (exact) mass is 920 g/mol. The van der Waals surface area contributed by atoms with Gasteiger partial charge in [0.25, 0.3) is 0 Å². The molecule has 0 aliphatic carbocycles. The largest absolute Gasteiger partial charge is 0.480 e. The van der Waals surface area contributed by atoms with Crippen molar-refractivity contribution in [1.82, 2.24) is 31.9 Å². The van der Waals surface area contributed by atoms with Gasteiger partial charge in [-0.25, -0.2) is 4.79 Å². The van der Waals surface area contributed by atoms with Gasteiger partial charge in [0.05, 0.1) is 19.3 Å². The van der Waals surface area contributed by atoms with Crippen LogP contribution in [0, 0.1) is 0 Å². The molecule has 3 fully saturated rings. The first kappa shape index (κ1) is 53.4. The molecule has 0 saturated carbocycles. The lowest BCUT2D eigenvalue weighted by Crippen LogP contribution is -2.68. The first-order chi connectivity index (χ1) is 29.9. The summed E-state index contributed by atoms with van der Waals surface area (Å²) in [7, 11) is 0. The molecule has 27 nitrogen and oxygen atoms in total. The van der Waals surface area contributed by atoms with Gasteiger partial charge in [0.2, 0.25) is 41.4 Å². The molecule has 3 aliphatic heterocycles. The van der Waals surface area contributed by atoms with E-state index in [1.54, 1.807) is 0 Å². The Morgan fingerprint density at radius 1 is 0.734 bits per heavy atom. The number of nitrogens with two attached hydrogens (primary N) is 2. The molecule has 15 N–H and O–H groups in total. The van der Waals surface area contributed by atoms with Crippen LogP contribution in [0.25, 0.3) is 0 Å². The highest BCUT2D eigenvalue weighted by Gasteiger charge is 2.56. The predicted octanol–water partition coefficient (Wildman–Crippen LogP) is -6.74. The summed E-state index contributed by atoms with van der Waals surface area (Å²) in [6.45, 7) is 5.28. The number of carboxylic acids is 2. The van der Waals surface area contributed by atoms with Gasteiger partial charge in [-0.1, -0.05) is 0 Å². The van der Waals surface area contributed by atoms with Crippen LogP contribution in [0.1, 0.15) is 66.7 Å². The third kappa shape index (κ3) is 15.1. The maximum absolute atomic E-state index is 13.5. The molecule has 16 atom stereocenters. The fraction of sp³-hybridized carbons (Fsp3) is 0.757. The Morgan fingerprint density at radius 3 is 1.95 bits per heavy atom. The molecule has 0 aromatic heterocycles. The summed E-state index contributed by atoms with van der Waals surface area (Å²) in [5.41, 5.74) is 11.0. The van der Waals surface area contributed by atoms with E-state index in [9.17, 15) is 63.6 Å². The first-order valence-electron chi connectivity index (χ1n) is 20.4. The lowest BCUT2D eigenvalue weighted by Gasteiger charge is -2.47. The number of carboxylic acid groups (broad SMARTS) is 2. The molecule has 27 heteroatoms. The molecule has 362 valence electrons. The predicted molar refractivity (Wildman–Crippen MR) is 211 cm³/mol. The fourth-order valence-electron chi connectivity index (χ4n) is 6.87. The number of nitrogens with one attached hydrogen (secondary N) is 6. The van der Waals surface area contributed by atoms with E-state index in [0.29, 0.717) is 0 Å². The molecular weight excluding hydrogens is 860 g/mol. The molecule has 7 amide bonds. The van der Waals surface area contributed by atoms with Gasteiger partial charge in [-0.2, -0.15) is 0 Å². The molecule has 0 aromatic rings. The first-order valence-corrected chi connectivity index (χ1v) is 20.4. The zero-order valence-corrected chi connectivity index (χ0v) is 35.8. The van der Waals surface area contributed by atoms with E-state index in [1.807, 2.05) is 5.32 Å². The molecule has 64 heavy (non-hydrogen) atoms. The highest BCUT2D eigenvalue weighted by atomic mass is 16.8. The third-order valence-electron chi connectivity index (χ3n) is 10.4. The number of carbonyl (C=O) groups is 9. The number of fused-ring (bicyclic) bond motifs is 2. The molecule has 0 aromatic carbocycles. The second-order valence-electron chi connectivity index (χ2n) is 15.7. The minimum absolute atomic E-state index is 0.0341. The molecular formula is C37H60N8O19. The number of aliphatic carboxylic acids is 2. The van der Waals surface area contributed by atoms with Gasteiger partial charge in [0.15, 0.2) is 12.6 Å². The zero-order valence-electron chi connectivity index (χ0n) is 35.8. The zero-order chi connectivity index (χ0) is 48.2. The summed E-state index contributed by atoms with van der Waals surface area (Å²) in [6.07, 6.45) is -13.5.